The number of methoxy groups -OCH3 is 1. The van der Waals surface area contributed by atoms with Crippen LogP contribution in [0.5, 0.6) is 5.75 Å². The van der Waals surface area contributed by atoms with Crippen molar-refractivity contribution in [3.05, 3.63) is 47.3 Å². The number of Topliss-reactive ketones (excluding diaryl/α,β-unsaturated/α-hetero) is 1. The molecule has 0 N–H and O–H groups in total. The van der Waals surface area contributed by atoms with Gasteiger partial charge in [0, 0.05) is 11.3 Å². The van der Waals surface area contributed by atoms with Crippen LogP contribution in [-0.4, -0.2) is 22.4 Å². The summed E-state index contributed by atoms with van der Waals surface area (Å²) in [6.45, 7) is 3.92. The number of hydrogen-bond donors (Lipinski definition) is 0. The van der Waals surface area contributed by atoms with E-state index in [4.69, 9.17) is 4.74 Å². The first kappa shape index (κ1) is 13.3. The lowest BCUT2D eigenvalue weighted by Gasteiger charge is -2.07. The fraction of sp³-hybridized carbons (Fsp3) is 0.286. The summed E-state index contributed by atoms with van der Waals surface area (Å²) in [6, 6.07) is 4.21. The maximum Gasteiger partial charge on any atom is 0.182 e. The molecular weight excluding hydrogens is 247 g/mol. The minimum atomic E-state index is -0.535. The van der Waals surface area contributed by atoms with Crippen molar-refractivity contribution in [1.29, 1.82) is 0 Å². The van der Waals surface area contributed by atoms with Crippen LogP contribution in [0.2, 0.25) is 0 Å². The zero-order chi connectivity index (χ0) is 14.0. The second kappa shape index (κ2) is 5.22. The third-order valence-electron chi connectivity index (χ3n) is 3.13. The molecule has 100 valence electrons. The number of halogens is 1. The van der Waals surface area contributed by atoms with Gasteiger partial charge in [-0.1, -0.05) is 0 Å². The van der Waals surface area contributed by atoms with Crippen LogP contribution in [0.3, 0.4) is 0 Å². The molecule has 19 heavy (non-hydrogen) atoms. The molecule has 0 atom stereocenters. The van der Waals surface area contributed by atoms with Gasteiger partial charge in [0.2, 0.25) is 0 Å². The minimum Gasteiger partial charge on any atom is -0.494 e. The fourth-order valence-corrected chi connectivity index (χ4v) is 1.79. The van der Waals surface area contributed by atoms with Crippen LogP contribution in [0.1, 0.15) is 21.7 Å². The molecule has 1 aromatic heterocycles. The summed E-state index contributed by atoms with van der Waals surface area (Å²) >= 11 is 0. The molecule has 0 saturated carbocycles. The summed E-state index contributed by atoms with van der Waals surface area (Å²) in [5.41, 5.74) is 2.14. The van der Waals surface area contributed by atoms with Crippen LogP contribution in [0, 0.1) is 19.7 Å². The number of aromatic nitrogens is 2. The molecule has 0 aliphatic rings. The third kappa shape index (κ3) is 2.65. The largest absolute Gasteiger partial charge is 0.494 e. The summed E-state index contributed by atoms with van der Waals surface area (Å²) in [5.74, 6) is -0.569. The van der Waals surface area contributed by atoms with E-state index in [1.807, 2.05) is 13.8 Å². The van der Waals surface area contributed by atoms with E-state index in [1.165, 1.54) is 19.2 Å². The first-order valence-corrected chi connectivity index (χ1v) is 5.88. The van der Waals surface area contributed by atoms with Crippen molar-refractivity contribution in [2.45, 2.75) is 20.4 Å². The molecule has 0 aliphatic heterocycles. The van der Waals surface area contributed by atoms with Gasteiger partial charge in [-0.3, -0.25) is 4.79 Å². The molecule has 0 saturated heterocycles. The summed E-state index contributed by atoms with van der Waals surface area (Å²) in [7, 11) is 1.39. The van der Waals surface area contributed by atoms with Gasteiger partial charge in [-0.05, 0) is 32.0 Å². The maximum absolute atomic E-state index is 13.5. The highest BCUT2D eigenvalue weighted by Gasteiger charge is 2.12. The zero-order valence-corrected chi connectivity index (χ0v) is 11.1. The second-order valence-electron chi connectivity index (χ2n) is 4.32. The maximum atomic E-state index is 13.5. The molecule has 2 rings (SSSR count). The van der Waals surface area contributed by atoms with E-state index >= 15 is 0 Å². The molecule has 0 spiro atoms. The van der Waals surface area contributed by atoms with Crippen LogP contribution >= 0.6 is 0 Å². The highest BCUT2D eigenvalue weighted by molar-refractivity contribution is 5.96. The molecule has 0 radical (unpaired) electrons. The molecule has 0 bridgehead atoms. The lowest BCUT2D eigenvalue weighted by Crippen LogP contribution is -2.11. The topological polar surface area (TPSA) is 44.1 Å². The van der Waals surface area contributed by atoms with E-state index in [-0.39, 0.29) is 18.1 Å². The number of imidazole rings is 1. The van der Waals surface area contributed by atoms with Crippen molar-refractivity contribution >= 4 is 5.78 Å². The third-order valence-corrected chi connectivity index (χ3v) is 3.13. The SMILES string of the molecule is COc1ccc(C(=O)Cn2cnc(C)c2C)cc1F. The minimum absolute atomic E-state index is 0.131. The van der Waals surface area contributed by atoms with Crippen LogP contribution in [-0.2, 0) is 6.54 Å². The fourth-order valence-electron chi connectivity index (χ4n) is 1.79. The average Bonchev–Trinajstić information content (AvgIpc) is 2.70. The van der Waals surface area contributed by atoms with Crippen molar-refractivity contribution in [2.75, 3.05) is 7.11 Å². The number of nitrogens with zero attached hydrogens (tertiary/aromatic N) is 2. The molecule has 4 nitrogen and oxygen atoms in total. The normalized spacial score (nSPS) is 10.5. The highest BCUT2D eigenvalue weighted by Crippen LogP contribution is 2.18. The van der Waals surface area contributed by atoms with E-state index in [2.05, 4.69) is 4.98 Å². The summed E-state index contributed by atoms with van der Waals surface area (Å²) in [6.07, 6.45) is 1.61. The average molecular weight is 262 g/mol. The number of benzene rings is 1. The summed E-state index contributed by atoms with van der Waals surface area (Å²) < 4.78 is 20.1. The Hall–Kier alpha value is -2.17. The Bertz CT molecular complexity index is 620. The molecule has 0 aliphatic carbocycles. The second-order valence-corrected chi connectivity index (χ2v) is 4.32. The van der Waals surface area contributed by atoms with Gasteiger partial charge in [-0.25, -0.2) is 9.37 Å². The Morgan fingerprint density at radius 3 is 2.68 bits per heavy atom. The Kier molecular flexibility index (Phi) is 3.64. The van der Waals surface area contributed by atoms with E-state index in [0.717, 1.165) is 11.4 Å². The molecule has 2 aromatic rings. The van der Waals surface area contributed by atoms with Gasteiger partial charge in [0.05, 0.1) is 25.7 Å². The van der Waals surface area contributed by atoms with Crippen LogP contribution in [0.15, 0.2) is 24.5 Å². The molecule has 0 amide bonds. The van der Waals surface area contributed by atoms with Crippen LogP contribution in [0.25, 0.3) is 0 Å². The van der Waals surface area contributed by atoms with E-state index < -0.39 is 5.82 Å². The standard InChI is InChI=1S/C14H15FN2O2/c1-9-10(2)17(8-16-9)7-13(18)11-4-5-14(19-3)12(15)6-11/h4-6,8H,7H2,1-3H3. The van der Waals surface area contributed by atoms with Gasteiger partial charge >= 0.3 is 0 Å². The molecule has 5 heteroatoms. The number of ether oxygens (including phenoxy) is 1. The molecule has 1 aromatic carbocycles. The molecule has 1 heterocycles. The smallest absolute Gasteiger partial charge is 0.182 e. The Morgan fingerprint density at radius 1 is 1.42 bits per heavy atom. The molecular formula is C14H15FN2O2. The number of carbonyl (C=O) groups excluding carboxylic acids is 1. The van der Waals surface area contributed by atoms with Crippen molar-refractivity contribution < 1.29 is 13.9 Å². The van der Waals surface area contributed by atoms with Gasteiger partial charge in [-0.2, -0.15) is 0 Å². The Morgan fingerprint density at radius 2 is 2.16 bits per heavy atom. The molecule has 0 fully saturated rings. The van der Waals surface area contributed by atoms with Crippen LogP contribution < -0.4 is 4.74 Å². The lowest BCUT2D eigenvalue weighted by molar-refractivity contribution is 0.0971. The van der Waals surface area contributed by atoms with E-state index in [9.17, 15) is 9.18 Å². The number of rotatable bonds is 4. The Labute approximate surface area is 110 Å². The van der Waals surface area contributed by atoms with Crippen molar-refractivity contribution in [3.8, 4) is 5.75 Å². The van der Waals surface area contributed by atoms with Crippen molar-refractivity contribution in [2.24, 2.45) is 0 Å². The summed E-state index contributed by atoms with van der Waals surface area (Å²) in [4.78, 5) is 16.2. The van der Waals surface area contributed by atoms with Gasteiger partial charge in [0.25, 0.3) is 0 Å². The van der Waals surface area contributed by atoms with Gasteiger partial charge in [0.15, 0.2) is 17.3 Å². The quantitative estimate of drug-likeness (QED) is 0.795. The predicted octanol–water partition coefficient (Wildman–Crippen LogP) is 2.53. The lowest BCUT2D eigenvalue weighted by atomic mass is 10.1. The highest BCUT2D eigenvalue weighted by atomic mass is 19.1. The zero-order valence-electron chi connectivity index (χ0n) is 11.1. The van der Waals surface area contributed by atoms with Gasteiger partial charge in [-0.15, -0.1) is 0 Å². The first-order valence-electron chi connectivity index (χ1n) is 5.88. The first-order chi connectivity index (χ1) is 9.02. The predicted molar refractivity (Wildman–Crippen MR) is 69.0 cm³/mol. The van der Waals surface area contributed by atoms with Crippen LogP contribution in [0.4, 0.5) is 4.39 Å². The van der Waals surface area contributed by atoms with Gasteiger partial charge in [0.1, 0.15) is 0 Å². The van der Waals surface area contributed by atoms with E-state index in [0.29, 0.717) is 5.56 Å². The van der Waals surface area contributed by atoms with Gasteiger partial charge < -0.3 is 9.30 Å². The van der Waals surface area contributed by atoms with E-state index in [1.54, 1.807) is 17.0 Å². The van der Waals surface area contributed by atoms with Crippen molar-refractivity contribution in [1.82, 2.24) is 9.55 Å². The monoisotopic (exact) mass is 262 g/mol. The number of aryl methyl sites for hydroxylation is 1. The number of carbonyl (C=O) groups is 1. The Balaban J connectivity index is 2.21. The molecule has 0 unspecified atom stereocenters. The number of hydrogen-bond acceptors (Lipinski definition) is 3. The number of ketones is 1. The van der Waals surface area contributed by atoms with Crippen molar-refractivity contribution in [3.63, 3.8) is 0 Å². The summed E-state index contributed by atoms with van der Waals surface area (Å²) in [5, 5.41) is 0.